The van der Waals surface area contributed by atoms with E-state index in [1.54, 1.807) is 6.07 Å². The Morgan fingerprint density at radius 2 is 2.25 bits per heavy atom. The molecular weight excluding hydrogens is 174 g/mol. The molecule has 0 heterocycles. The molecule has 0 amide bonds. The molecule has 0 saturated heterocycles. The van der Waals surface area contributed by atoms with Gasteiger partial charge in [-0.25, -0.2) is 0 Å². The molecule has 2 nitrogen and oxygen atoms in total. The normalized spacial score (nSPS) is 12.9. The van der Waals surface area contributed by atoms with E-state index in [0.29, 0.717) is 11.4 Å². The van der Waals surface area contributed by atoms with Gasteiger partial charge in [0.05, 0.1) is 0 Å². The summed E-state index contributed by atoms with van der Waals surface area (Å²) in [5, 5.41) is 9.34. The summed E-state index contributed by atoms with van der Waals surface area (Å²) in [5.41, 5.74) is 6.72. The van der Waals surface area contributed by atoms with Gasteiger partial charge in [0, 0.05) is 17.7 Å². The molecule has 0 bridgehead atoms. The first-order valence-corrected chi connectivity index (χ1v) is 4.23. The zero-order chi connectivity index (χ0) is 8.97. The van der Waals surface area contributed by atoms with Crippen LogP contribution >= 0.6 is 11.6 Å². The number of rotatable bonds is 3. The average molecular weight is 186 g/mol. The van der Waals surface area contributed by atoms with E-state index in [1.807, 2.05) is 18.2 Å². The third kappa shape index (κ3) is 2.48. The van der Waals surface area contributed by atoms with Gasteiger partial charge in [0.15, 0.2) is 0 Å². The van der Waals surface area contributed by atoms with Crippen molar-refractivity contribution in [2.24, 2.45) is 5.73 Å². The van der Waals surface area contributed by atoms with Gasteiger partial charge in [-0.15, -0.1) is 0 Å². The monoisotopic (exact) mass is 185 g/mol. The Morgan fingerprint density at radius 3 is 2.83 bits per heavy atom. The van der Waals surface area contributed by atoms with Gasteiger partial charge in [0.1, 0.15) is 0 Å². The molecule has 0 spiro atoms. The maximum Gasteiger partial charge on any atom is 0.0449 e. The lowest BCUT2D eigenvalue weighted by Crippen LogP contribution is -2.11. The molecule has 12 heavy (non-hydrogen) atoms. The summed E-state index contributed by atoms with van der Waals surface area (Å²) in [4.78, 5) is 0. The van der Waals surface area contributed by atoms with Gasteiger partial charge in [-0.05, 0) is 24.1 Å². The maximum absolute atomic E-state index is 8.65. The van der Waals surface area contributed by atoms with Gasteiger partial charge in [0.2, 0.25) is 0 Å². The standard InChI is InChI=1S/C9H12ClNO/c10-8-3-1-2-7(6-8)9(11)4-5-12/h1-3,6,9,12H,4-5,11H2. The number of hydrogen-bond acceptors (Lipinski definition) is 2. The first-order chi connectivity index (χ1) is 5.74. The lowest BCUT2D eigenvalue weighted by Gasteiger charge is -2.09. The molecule has 3 heteroatoms. The zero-order valence-electron chi connectivity index (χ0n) is 6.70. The number of hydrogen-bond donors (Lipinski definition) is 2. The Morgan fingerprint density at radius 1 is 1.50 bits per heavy atom. The van der Waals surface area contributed by atoms with Gasteiger partial charge >= 0.3 is 0 Å². The Labute approximate surface area is 77.0 Å². The molecule has 1 aromatic carbocycles. The molecule has 0 aliphatic heterocycles. The summed E-state index contributed by atoms with van der Waals surface area (Å²) in [6.45, 7) is 0.105. The van der Waals surface area contributed by atoms with Gasteiger partial charge in [0.25, 0.3) is 0 Å². The molecule has 0 aliphatic rings. The van der Waals surface area contributed by atoms with Crippen molar-refractivity contribution in [3.05, 3.63) is 34.9 Å². The molecule has 0 radical (unpaired) electrons. The lowest BCUT2D eigenvalue weighted by atomic mass is 10.1. The van der Waals surface area contributed by atoms with E-state index in [0.717, 1.165) is 5.56 Å². The maximum atomic E-state index is 8.65. The highest BCUT2D eigenvalue weighted by molar-refractivity contribution is 6.30. The van der Waals surface area contributed by atoms with E-state index in [-0.39, 0.29) is 12.6 Å². The Hall–Kier alpha value is -0.570. The van der Waals surface area contributed by atoms with E-state index in [4.69, 9.17) is 22.4 Å². The Bertz CT molecular complexity index is 252. The predicted octanol–water partition coefficient (Wildman–Crippen LogP) is 1.72. The second kappa shape index (κ2) is 4.45. The minimum atomic E-state index is -0.117. The molecule has 1 atom stereocenters. The summed E-state index contributed by atoms with van der Waals surface area (Å²) >= 11 is 5.77. The van der Waals surface area contributed by atoms with Crippen molar-refractivity contribution in [3.8, 4) is 0 Å². The van der Waals surface area contributed by atoms with Gasteiger partial charge in [-0.1, -0.05) is 23.7 Å². The molecule has 1 unspecified atom stereocenters. The van der Waals surface area contributed by atoms with Crippen LogP contribution in [-0.4, -0.2) is 11.7 Å². The van der Waals surface area contributed by atoms with Crippen LogP contribution in [0.1, 0.15) is 18.0 Å². The first kappa shape index (κ1) is 9.52. The summed E-state index contributed by atoms with van der Waals surface area (Å²) in [6.07, 6.45) is 0.570. The highest BCUT2D eigenvalue weighted by atomic mass is 35.5. The van der Waals surface area contributed by atoms with Crippen LogP contribution in [0.25, 0.3) is 0 Å². The largest absolute Gasteiger partial charge is 0.396 e. The fourth-order valence-electron chi connectivity index (χ4n) is 1.04. The summed E-state index contributed by atoms with van der Waals surface area (Å²) in [5.74, 6) is 0. The van der Waals surface area contributed by atoms with Crippen molar-refractivity contribution >= 4 is 11.6 Å². The minimum Gasteiger partial charge on any atom is -0.396 e. The molecule has 0 saturated carbocycles. The van der Waals surface area contributed by atoms with Crippen molar-refractivity contribution in [1.82, 2.24) is 0 Å². The number of halogens is 1. The fourth-order valence-corrected chi connectivity index (χ4v) is 1.24. The van der Waals surface area contributed by atoms with E-state index >= 15 is 0 Å². The Balaban J connectivity index is 2.73. The minimum absolute atomic E-state index is 0.105. The van der Waals surface area contributed by atoms with E-state index in [9.17, 15) is 0 Å². The highest BCUT2D eigenvalue weighted by Gasteiger charge is 2.04. The second-order valence-corrected chi connectivity index (χ2v) is 3.11. The number of aliphatic hydroxyl groups is 1. The number of nitrogens with two attached hydrogens (primary N) is 1. The van der Waals surface area contributed by atoms with Crippen LogP contribution in [-0.2, 0) is 0 Å². The van der Waals surface area contributed by atoms with E-state index in [1.165, 1.54) is 0 Å². The SMILES string of the molecule is NC(CCO)c1cccc(Cl)c1. The molecule has 0 aliphatic carbocycles. The van der Waals surface area contributed by atoms with Crippen molar-refractivity contribution in [1.29, 1.82) is 0 Å². The third-order valence-electron chi connectivity index (χ3n) is 1.72. The number of aliphatic hydroxyl groups excluding tert-OH is 1. The molecule has 1 aromatic rings. The van der Waals surface area contributed by atoms with Crippen molar-refractivity contribution < 1.29 is 5.11 Å². The van der Waals surface area contributed by atoms with Crippen molar-refractivity contribution in [2.45, 2.75) is 12.5 Å². The van der Waals surface area contributed by atoms with Crippen LogP contribution in [0.3, 0.4) is 0 Å². The number of benzene rings is 1. The van der Waals surface area contributed by atoms with E-state index < -0.39 is 0 Å². The molecule has 0 aromatic heterocycles. The van der Waals surface area contributed by atoms with Crippen molar-refractivity contribution in [2.75, 3.05) is 6.61 Å². The molecular formula is C9H12ClNO. The fraction of sp³-hybridized carbons (Fsp3) is 0.333. The molecule has 3 N–H and O–H groups in total. The average Bonchev–Trinajstić information content (AvgIpc) is 2.05. The van der Waals surface area contributed by atoms with Gasteiger partial charge in [-0.2, -0.15) is 0 Å². The van der Waals surface area contributed by atoms with Crippen LogP contribution in [0.15, 0.2) is 24.3 Å². The quantitative estimate of drug-likeness (QED) is 0.754. The molecule has 1 rings (SSSR count). The summed E-state index contributed by atoms with van der Waals surface area (Å²) < 4.78 is 0. The topological polar surface area (TPSA) is 46.2 Å². The Kier molecular flexibility index (Phi) is 3.53. The smallest absolute Gasteiger partial charge is 0.0449 e. The highest BCUT2D eigenvalue weighted by Crippen LogP contribution is 2.17. The van der Waals surface area contributed by atoms with Crippen LogP contribution in [0.4, 0.5) is 0 Å². The lowest BCUT2D eigenvalue weighted by molar-refractivity contribution is 0.276. The van der Waals surface area contributed by atoms with Gasteiger partial charge in [-0.3, -0.25) is 0 Å². The van der Waals surface area contributed by atoms with E-state index in [2.05, 4.69) is 0 Å². The van der Waals surface area contributed by atoms with Crippen LogP contribution in [0.5, 0.6) is 0 Å². The third-order valence-corrected chi connectivity index (χ3v) is 1.95. The predicted molar refractivity (Wildman–Crippen MR) is 50.1 cm³/mol. The van der Waals surface area contributed by atoms with Gasteiger partial charge < -0.3 is 10.8 Å². The molecule has 0 fully saturated rings. The zero-order valence-corrected chi connectivity index (χ0v) is 7.46. The first-order valence-electron chi connectivity index (χ1n) is 3.86. The van der Waals surface area contributed by atoms with Crippen LogP contribution < -0.4 is 5.73 Å². The van der Waals surface area contributed by atoms with Crippen molar-refractivity contribution in [3.63, 3.8) is 0 Å². The molecule has 66 valence electrons. The van der Waals surface area contributed by atoms with Crippen LogP contribution in [0.2, 0.25) is 5.02 Å². The van der Waals surface area contributed by atoms with Crippen LogP contribution in [0, 0.1) is 0 Å². The second-order valence-electron chi connectivity index (χ2n) is 2.67. The summed E-state index contributed by atoms with van der Waals surface area (Å²) in [6, 6.07) is 7.27. The summed E-state index contributed by atoms with van der Waals surface area (Å²) in [7, 11) is 0.